The number of fused-ring (bicyclic) bond motifs is 3. The summed E-state index contributed by atoms with van der Waals surface area (Å²) < 4.78 is 5.90. The summed E-state index contributed by atoms with van der Waals surface area (Å²) in [6.07, 6.45) is 0. The summed E-state index contributed by atoms with van der Waals surface area (Å²) in [5, 5.41) is 3.00. The molecule has 4 nitrogen and oxygen atoms in total. The van der Waals surface area contributed by atoms with Crippen LogP contribution in [0, 0.1) is 19.8 Å². The van der Waals surface area contributed by atoms with Crippen LogP contribution < -0.4 is 10.1 Å². The fourth-order valence-electron chi connectivity index (χ4n) is 3.31. The molecule has 0 saturated heterocycles. The first kappa shape index (κ1) is 14.0. The maximum absolute atomic E-state index is 12.1. The third kappa shape index (κ3) is 2.31. The number of carbonyl (C=O) groups is 1. The van der Waals surface area contributed by atoms with Gasteiger partial charge in [0.15, 0.2) is 0 Å². The average molecular weight is 306 g/mol. The zero-order valence-electron chi connectivity index (χ0n) is 13.2. The topological polar surface area (TPSA) is 50.7 Å². The number of carbonyl (C=O) groups excluding carboxylic acids is 1. The minimum absolute atomic E-state index is 0.0321. The quantitative estimate of drug-likeness (QED) is 0.875. The van der Waals surface area contributed by atoms with E-state index >= 15 is 0 Å². The molecule has 1 N–H and O–H groups in total. The predicted octanol–water partition coefficient (Wildman–Crippen LogP) is 3.57. The van der Waals surface area contributed by atoms with Crippen LogP contribution in [0.4, 0.5) is 4.79 Å². The number of amides is 2. The summed E-state index contributed by atoms with van der Waals surface area (Å²) in [6.45, 7) is 4.70. The summed E-state index contributed by atoms with van der Waals surface area (Å²) >= 11 is 0. The molecule has 0 spiro atoms. The second kappa shape index (κ2) is 5.23. The highest BCUT2D eigenvalue weighted by Gasteiger charge is 2.38. The van der Waals surface area contributed by atoms with Gasteiger partial charge in [0.2, 0.25) is 0 Å². The zero-order valence-corrected chi connectivity index (χ0v) is 13.2. The molecule has 2 unspecified atom stereocenters. The van der Waals surface area contributed by atoms with E-state index in [0.717, 1.165) is 22.6 Å². The Morgan fingerprint density at radius 3 is 2.78 bits per heavy atom. The van der Waals surface area contributed by atoms with Crippen molar-refractivity contribution >= 4 is 11.7 Å². The summed E-state index contributed by atoms with van der Waals surface area (Å²) in [6, 6.07) is 13.7. The highest BCUT2D eigenvalue weighted by atomic mass is 16.5. The number of benzene rings is 2. The summed E-state index contributed by atoms with van der Waals surface area (Å²) in [5.41, 5.74) is 5.32. The van der Waals surface area contributed by atoms with Crippen molar-refractivity contribution in [2.45, 2.75) is 19.9 Å². The lowest BCUT2D eigenvalue weighted by Crippen LogP contribution is -2.45. The van der Waals surface area contributed by atoms with Gasteiger partial charge in [0, 0.05) is 5.56 Å². The van der Waals surface area contributed by atoms with E-state index in [4.69, 9.17) is 4.74 Å². The number of hydrogen-bond donors (Lipinski definition) is 1. The molecule has 0 aromatic heterocycles. The molecule has 4 heteroatoms. The molecule has 2 aliphatic heterocycles. The molecule has 0 fully saturated rings. The van der Waals surface area contributed by atoms with Crippen molar-refractivity contribution in [3.05, 3.63) is 64.7 Å². The molecule has 2 aliphatic rings. The second-order valence-corrected chi connectivity index (χ2v) is 6.18. The Labute approximate surface area is 135 Å². The van der Waals surface area contributed by atoms with Crippen LogP contribution >= 0.6 is 0 Å². The molecular formula is C19H18N2O2. The highest BCUT2D eigenvalue weighted by molar-refractivity contribution is 6.11. The van der Waals surface area contributed by atoms with E-state index in [1.54, 1.807) is 0 Å². The Morgan fingerprint density at radius 2 is 1.96 bits per heavy atom. The normalized spacial score (nSPS) is 22.3. The van der Waals surface area contributed by atoms with E-state index in [0.29, 0.717) is 6.61 Å². The molecule has 2 amide bonds. The van der Waals surface area contributed by atoms with Crippen LogP contribution in [0.25, 0.3) is 0 Å². The average Bonchev–Trinajstić information content (AvgIpc) is 2.56. The van der Waals surface area contributed by atoms with Crippen molar-refractivity contribution < 1.29 is 9.53 Å². The first-order valence-corrected chi connectivity index (χ1v) is 7.82. The fraction of sp³-hybridized carbons (Fsp3) is 0.263. The minimum atomic E-state index is -0.281. The molecule has 0 aliphatic carbocycles. The highest BCUT2D eigenvalue weighted by Crippen LogP contribution is 2.36. The van der Waals surface area contributed by atoms with Gasteiger partial charge in [-0.25, -0.2) is 4.79 Å². The molecule has 2 heterocycles. The number of aryl methyl sites for hydroxylation is 2. The molecule has 2 aromatic carbocycles. The Morgan fingerprint density at radius 1 is 1.13 bits per heavy atom. The first-order chi connectivity index (χ1) is 11.1. The SMILES string of the molecule is Cc1ccc(C2NC(=O)N=C3c4ccccc4OCC32)cc1C. The standard InChI is InChI=1S/C19H18N2O2/c1-11-7-8-13(9-12(11)2)17-15-10-23-16-6-4-3-5-14(16)18(15)21-19(22)20-17/h3-9,15,17H,10H2,1-2H3,(H,20,22). The van der Waals surface area contributed by atoms with Crippen molar-refractivity contribution in [2.75, 3.05) is 6.61 Å². The maximum Gasteiger partial charge on any atom is 0.341 e. The molecule has 2 atom stereocenters. The van der Waals surface area contributed by atoms with Crippen LogP contribution in [0.5, 0.6) is 5.75 Å². The number of para-hydroxylation sites is 1. The van der Waals surface area contributed by atoms with Gasteiger partial charge >= 0.3 is 6.03 Å². The van der Waals surface area contributed by atoms with Crippen LogP contribution in [0.1, 0.15) is 28.3 Å². The molecule has 0 radical (unpaired) electrons. The number of rotatable bonds is 1. The lowest BCUT2D eigenvalue weighted by Gasteiger charge is -2.36. The van der Waals surface area contributed by atoms with Gasteiger partial charge in [0.1, 0.15) is 5.75 Å². The first-order valence-electron chi connectivity index (χ1n) is 7.82. The molecule has 116 valence electrons. The van der Waals surface area contributed by atoms with Gasteiger partial charge < -0.3 is 10.1 Å². The van der Waals surface area contributed by atoms with Gasteiger partial charge in [-0.1, -0.05) is 30.3 Å². The Balaban J connectivity index is 1.79. The van der Waals surface area contributed by atoms with E-state index in [-0.39, 0.29) is 18.0 Å². The van der Waals surface area contributed by atoms with Crippen molar-refractivity contribution in [2.24, 2.45) is 10.9 Å². The van der Waals surface area contributed by atoms with Crippen molar-refractivity contribution in [3.63, 3.8) is 0 Å². The third-order valence-corrected chi connectivity index (χ3v) is 4.73. The number of ether oxygens (including phenoxy) is 1. The predicted molar refractivity (Wildman–Crippen MR) is 89.2 cm³/mol. The largest absolute Gasteiger partial charge is 0.492 e. The second-order valence-electron chi connectivity index (χ2n) is 6.18. The monoisotopic (exact) mass is 306 g/mol. The van der Waals surface area contributed by atoms with Gasteiger partial charge in [-0.05, 0) is 42.7 Å². The molecule has 0 bridgehead atoms. The van der Waals surface area contributed by atoms with Crippen molar-refractivity contribution in [1.29, 1.82) is 0 Å². The van der Waals surface area contributed by atoms with Gasteiger partial charge in [-0.3, -0.25) is 0 Å². The van der Waals surface area contributed by atoms with E-state index in [9.17, 15) is 4.79 Å². The lowest BCUT2D eigenvalue weighted by atomic mass is 9.83. The molecule has 23 heavy (non-hydrogen) atoms. The van der Waals surface area contributed by atoms with Crippen molar-refractivity contribution in [1.82, 2.24) is 5.32 Å². The van der Waals surface area contributed by atoms with Gasteiger partial charge in [0.05, 0.1) is 24.3 Å². The smallest absolute Gasteiger partial charge is 0.341 e. The van der Waals surface area contributed by atoms with Gasteiger partial charge in [0.25, 0.3) is 0 Å². The zero-order chi connectivity index (χ0) is 16.0. The number of hydrogen-bond acceptors (Lipinski definition) is 2. The van der Waals surface area contributed by atoms with E-state index in [2.05, 4.69) is 42.4 Å². The van der Waals surface area contributed by atoms with E-state index in [1.165, 1.54) is 11.1 Å². The number of nitrogens with one attached hydrogen (secondary N) is 1. The number of urea groups is 1. The van der Waals surface area contributed by atoms with Crippen molar-refractivity contribution in [3.8, 4) is 5.75 Å². The molecule has 2 aromatic rings. The minimum Gasteiger partial charge on any atom is -0.492 e. The molecule has 0 saturated carbocycles. The third-order valence-electron chi connectivity index (χ3n) is 4.73. The Bertz CT molecular complexity index is 826. The summed E-state index contributed by atoms with van der Waals surface area (Å²) in [5.74, 6) is 0.834. The van der Waals surface area contributed by atoms with Crippen LogP contribution in [0.3, 0.4) is 0 Å². The maximum atomic E-state index is 12.1. The Hall–Kier alpha value is -2.62. The van der Waals surface area contributed by atoms with Crippen LogP contribution in [0.2, 0.25) is 0 Å². The molecular weight excluding hydrogens is 288 g/mol. The Kier molecular flexibility index (Phi) is 3.18. The number of nitrogens with zero attached hydrogens (tertiary/aromatic N) is 1. The van der Waals surface area contributed by atoms with E-state index < -0.39 is 0 Å². The molecule has 4 rings (SSSR count). The van der Waals surface area contributed by atoms with Crippen LogP contribution in [-0.4, -0.2) is 18.3 Å². The lowest BCUT2D eigenvalue weighted by molar-refractivity contribution is 0.217. The van der Waals surface area contributed by atoms with Gasteiger partial charge in [-0.15, -0.1) is 0 Å². The summed E-state index contributed by atoms with van der Waals surface area (Å²) in [4.78, 5) is 16.4. The van der Waals surface area contributed by atoms with E-state index in [1.807, 2.05) is 24.3 Å². The van der Waals surface area contributed by atoms with Crippen LogP contribution in [0.15, 0.2) is 47.5 Å². The number of aliphatic imine (C=N–C) groups is 1. The fourth-order valence-corrected chi connectivity index (χ4v) is 3.31. The summed E-state index contributed by atoms with van der Waals surface area (Å²) in [7, 11) is 0. The van der Waals surface area contributed by atoms with Gasteiger partial charge in [-0.2, -0.15) is 4.99 Å². The van der Waals surface area contributed by atoms with Crippen LogP contribution in [-0.2, 0) is 0 Å².